The molecule has 2 heteroatoms. The van der Waals surface area contributed by atoms with E-state index < -0.39 is 0 Å². The molecule has 0 aliphatic heterocycles. The minimum Gasteiger partial charge on any atom is -0.179 e. The summed E-state index contributed by atoms with van der Waals surface area (Å²) in [6.45, 7) is 6.60. The zero-order chi connectivity index (χ0) is 12.0. The van der Waals surface area contributed by atoms with Crippen molar-refractivity contribution in [1.29, 1.82) is 0 Å². The van der Waals surface area contributed by atoms with Crippen molar-refractivity contribution in [2.45, 2.75) is 38.5 Å². The van der Waals surface area contributed by atoms with Gasteiger partial charge in [-0.2, -0.15) is 12.6 Å². The lowest BCUT2D eigenvalue weighted by molar-refractivity contribution is 0.595. The lowest BCUT2D eigenvalue weighted by Gasteiger charge is -2.13. The second-order valence-electron chi connectivity index (χ2n) is 4.42. The first-order chi connectivity index (χ1) is 7.67. The minimum atomic E-state index is 0.749. The van der Waals surface area contributed by atoms with Crippen LogP contribution in [0.3, 0.4) is 0 Å². The fourth-order valence-corrected chi connectivity index (χ4v) is 3.44. The molecule has 0 aliphatic carbocycles. The predicted octanol–water partition coefficient (Wildman–Crippen LogP) is 4.74. The van der Waals surface area contributed by atoms with Crippen LogP contribution in [0.1, 0.15) is 30.9 Å². The van der Waals surface area contributed by atoms with Crippen LogP contribution in [0.4, 0.5) is 0 Å². The van der Waals surface area contributed by atoms with Crippen LogP contribution >= 0.6 is 24.4 Å². The molecule has 90 valence electrons. The Kier molecular flexibility index (Phi) is 6.37. The largest absolute Gasteiger partial charge is 0.179 e. The Hall–Kier alpha value is -0.0800. The van der Waals surface area contributed by atoms with E-state index in [-0.39, 0.29) is 0 Å². The van der Waals surface area contributed by atoms with E-state index in [0.29, 0.717) is 0 Å². The van der Waals surface area contributed by atoms with Gasteiger partial charge in [-0.3, -0.25) is 0 Å². The third-order valence-corrected chi connectivity index (χ3v) is 4.68. The molecule has 1 atom stereocenters. The summed E-state index contributed by atoms with van der Waals surface area (Å²) in [7, 11) is 0. The van der Waals surface area contributed by atoms with Crippen molar-refractivity contribution in [3.05, 3.63) is 29.3 Å². The zero-order valence-electron chi connectivity index (χ0n) is 10.5. The molecule has 0 saturated carbocycles. The lowest BCUT2D eigenvalue weighted by Crippen LogP contribution is -2.05. The van der Waals surface area contributed by atoms with Gasteiger partial charge in [0.05, 0.1) is 0 Å². The van der Waals surface area contributed by atoms with Crippen molar-refractivity contribution in [3.8, 4) is 0 Å². The van der Waals surface area contributed by atoms with Gasteiger partial charge in [0.2, 0.25) is 0 Å². The third kappa shape index (κ3) is 4.42. The molecule has 0 N–H and O–H groups in total. The van der Waals surface area contributed by atoms with E-state index in [1.807, 2.05) is 11.8 Å². The fraction of sp³-hybridized carbons (Fsp3) is 0.571. The number of benzene rings is 1. The quantitative estimate of drug-likeness (QED) is 0.565. The average molecular weight is 254 g/mol. The van der Waals surface area contributed by atoms with Crippen LogP contribution in [0.15, 0.2) is 23.1 Å². The maximum Gasteiger partial charge on any atom is 0.0101 e. The van der Waals surface area contributed by atoms with Crippen LogP contribution in [-0.4, -0.2) is 11.5 Å². The van der Waals surface area contributed by atoms with Gasteiger partial charge in [-0.05, 0) is 43.6 Å². The summed E-state index contributed by atoms with van der Waals surface area (Å²) in [4.78, 5) is 1.42. The van der Waals surface area contributed by atoms with Crippen LogP contribution in [0.25, 0.3) is 0 Å². The Labute approximate surface area is 110 Å². The molecule has 0 spiro atoms. The molecule has 0 amide bonds. The van der Waals surface area contributed by atoms with Gasteiger partial charge in [0.15, 0.2) is 0 Å². The smallest absolute Gasteiger partial charge is 0.0101 e. The Morgan fingerprint density at radius 1 is 1.31 bits per heavy atom. The van der Waals surface area contributed by atoms with Crippen LogP contribution < -0.4 is 0 Å². The third-order valence-electron chi connectivity index (χ3n) is 2.76. The SMILES string of the molecule is CCCC(CS)CSc1ccc(C)cc1C. The Bertz CT molecular complexity index is 321. The molecule has 1 rings (SSSR count). The lowest BCUT2D eigenvalue weighted by atomic mass is 10.1. The molecular formula is C14H22S2. The van der Waals surface area contributed by atoms with Gasteiger partial charge in [-0.15, -0.1) is 11.8 Å². The molecule has 16 heavy (non-hydrogen) atoms. The normalized spacial score (nSPS) is 12.8. The summed E-state index contributed by atoms with van der Waals surface area (Å²) in [6.07, 6.45) is 2.56. The van der Waals surface area contributed by atoms with Crippen LogP contribution in [0.5, 0.6) is 0 Å². The van der Waals surface area contributed by atoms with E-state index in [1.165, 1.54) is 34.6 Å². The van der Waals surface area contributed by atoms with Gasteiger partial charge < -0.3 is 0 Å². The standard InChI is InChI=1S/C14H22S2/c1-4-5-13(9-15)10-16-14-7-6-11(2)8-12(14)3/h6-8,13,15H,4-5,9-10H2,1-3H3. The van der Waals surface area contributed by atoms with Gasteiger partial charge in [-0.25, -0.2) is 0 Å². The molecule has 0 aromatic heterocycles. The van der Waals surface area contributed by atoms with Gasteiger partial charge >= 0.3 is 0 Å². The second kappa shape index (κ2) is 7.29. The number of aryl methyl sites for hydroxylation is 2. The highest BCUT2D eigenvalue weighted by Gasteiger charge is 2.07. The van der Waals surface area contributed by atoms with Crippen molar-refractivity contribution in [3.63, 3.8) is 0 Å². The van der Waals surface area contributed by atoms with Crippen molar-refractivity contribution >= 4 is 24.4 Å². The van der Waals surface area contributed by atoms with Gasteiger partial charge in [-0.1, -0.05) is 31.0 Å². The first-order valence-electron chi connectivity index (χ1n) is 5.98. The first kappa shape index (κ1) is 14.0. The summed E-state index contributed by atoms with van der Waals surface area (Å²) in [5.74, 6) is 2.95. The summed E-state index contributed by atoms with van der Waals surface area (Å²) in [5.41, 5.74) is 2.75. The second-order valence-corrected chi connectivity index (χ2v) is 5.84. The van der Waals surface area contributed by atoms with E-state index >= 15 is 0 Å². The molecule has 0 fully saturated rings. The topological polar surface area (TPSA) is 0 Å². The molecule has 0 bridgehead atoms. The van der Waals surface area contributed by atoms with E-state index in [0.717, 1.165) is 11.7 Å². The number of thiol groups is 1. The molecule has 1 unspecified atom stereocenters. The summed E-state index contributed by atoms with van der Waals surface area (Å²) in [5, 5.41) is 0. The van der Waals surface area contributed by atoms with E-state index in [4.69, 9.17) is 0 Å². The van der Waals surface area contributed by atoms with Crippen LogP contribution in [-0.2, 0) is 0 Å². The van der Waals surface area contributed by atoms with Gasteiger partial charge in [0.1, 0.15) is 0 Å². The highest BCUT2D eigenvalue weighted by Crippen LogP contribution is 2.26. The predicted molar refractivity (Wildman–Crippen MR) is 78.9 cm³/mol. The Morgan fingerprint density at radius 3 is 2.62 bits per heavy atom. The van der Waals surface area contributed by atoms with Crippen molar-refractivity contribution in [2.75, 3.05) is 11.5 Å². The molecule has 0 saturated heterocycles. The van der Waals surface area contributed by atoms with Crippen molar-refractivity contribution < 1.29 is 0 Å². The molecule has 0 radical (unpaired) electrons. The monoisotopic (exact) mass is 254 g/mol. The molecule has 0 nitrogen and oxygen atoms in total. The highest BCUT2D eigenvalue weighted by molar-refractivity contribution is 7.99. The van der Waals surface area contributed by atoms with Crippen LogP contribution in [0.2, 0.25) is 0 Å². The Morgan fingerprint density at radius 2 is 2.06 bits per heavy atom. The maximum atomic E-state index is 4.42. The van der Waals surface area contributed by atoms with Gasteiger partial charge in [0, 0.05) is 10.6 Å². The summed E-state index contributed by atoms with van der Waals surface area (Å²) >= 11 is 6.40. The minimum absolute atomic E-state index is 0.749. The number of hydrogen-bond donors (Lipinski definition) is 1. The van der Waals surface area contributed by atoms with E-state index in [1.54, 1.807) is 0 Å². The molecule has 0 heterocycles. The molecule has 1 aromatic carbocycles. The average Bonchev–Trinajstić information content (AvgIpc) is 2.26. The Balaban J connectivity index is 2.53. The van der Waals surface area contributed by atoms with E-state index in [9.17, 15) is 0 Å². The summed E-state index contributed by atoms with van der Waals surface area (Å²) in [6, 6.07) is 6.71. The molecular weight excluding hydrogens is 232 g/mol. The van der Waals surface area contributed by atoms with Gasteiger partial charge in [0.25, 0.3) is 0 Å². The number of rotatable bonds is 6. The first-order valence-corrected chi connectivity index (χ1v) is 7.60. The fourth-order valence-electron chi connectivity index (χ4n) is 1.80. The van der Waals surface area contributed by atoms with Crippen molar-refractivity contribution in [1.82, 2.24) is 0 Å². The molecule has 1 aromatic rings. The maximum absolute atomic E-state index is 4.42. The van der Waals surface area contributed by atoms with Crippen LogP contribution in [0, 0.1) is 19.8 Å². The number of hydrogen-bond acceptors (Lipinski definition) is 2. The highest BCUT2D eigenvalue weighted by atomic mass is 32.2. The van der Waals surface area contributed by atoms with E-state index in [2.05, 4.69) is 51.6 Å². The number of thioether (sulfide) groups is 1. The summed E-state index contributed by atoms with van der Waals surface area (Å²) < 4.78 is 0. The van der Waals surface area contributed by atoms with Crippen molar-refractivity contribution in [2.24, 2.45) is 5.92 Å². The zero-order valence-corrected chi connectivity index (χ0v) is 12.2. The molecule has 0 aliphatic rings.